The summed E-state index contributed by atoms with van der Waals surface area (Å²) in [5.41, 5.74) is 1.26. The van der Waals surface area contributed by atoms with Gasteiger partial charge in [-0.25, -0.2) is 9.59 Å². The van der Waals surface area contributed by atoms with Gasteiger partial charge in [0, 0.05) is 6.54 Å². The van der Waals surface area contributed by atoms with Crippen molar-refractivity contribution in [3.8, 4) is 0 Å². The maximum absolute atomic E-state index is 12.2. The van der Waals surface area contributed by atoms with Crippen LogP contribution in [0.5, 0.6) is 0 Å². The second-order valence-corrected chi connectivity index (χ2v) is 5.11. The van der Waals surface area contributed by atoms with Crippen molar-refractivity contribution in [3.05, 3.63) is 28.8 Å². The lowest BCUT2D eigenvalue weighted by Gasteiger charge is -2.32. The van der Waals surface area contributed by atoms with E-state index in [4.69, 9.17) is 16.7 Å². The molecule has 21 heavy (non-hydrogen) atoms. The van der Waals surface area contributed by atoms with E-state index in [1.54, 1.807) is 18.2 Å². The van der Waals surface area contributed by atoms with Gasteiger partial charge in [0.2, 0.25) is 5.91 Å². The zero-order chi connectivity index (χ0) is 15.6. The Morgan fingerprint density at radius 3 is 2.86 bits per heavy atom. The average Bonchev–Trinajstić information content (AvgIpc) is 2.42. The molecule has 1 aliphatic rings. The van der Waals surface area contributed by atoms with Crippen LogP contribution in [-0.2, 0) is 9.59 Å². The summed E-state index contributed by atoms with van der Waals surface area (Å²) in [7, 11) is 0. The lowest BCUT2D eigenvalue weighted by molar-refractivity contribution is -0.144. The molecule has 1 aromatic carbocycles. The smallest absolute Gasteiger partial charge is 0.328 e. The Hall–Kier alpha value is -2.28. The average molecular weight is 312 g/mol. The number of piperazine rings is 1. The number of halogens is 1. The zero-order valence-electron chi connectivity index (χ0n) is 11.2. The fourth-order valence-corrected chi connectivity index (χ4v) is 2.16. The van der Waals surface area contributed by atoms with Crippen molar-refractivity contribution in [2.75, 3.05) is 18.4 Å². The third-order valence-corrected chi connectivity index (χ3v) is 3.42. The van der Waals surface area contributed by atoms with E-state index in [0.29, 0.717) is 10.7 Å². The first-order chi connectivity index (χ1) is 9.88. The monoisotopic (exact) mass is 311 g/mol. The summed E-state index contributed by atoms with van der Waals surface area (Å²) < 4.78 is 0. The van der Waals surface area contributed by atoms with E-state index < -0.39 is 23.9 Å². The number of hydrogen-bond donors (Lipinski definition) is 3. The van der Waals surface area contributed by atoms with Crippen LogP contribution in [-0.4, -0.2) is 47.0 Å². The number of nitrogens with zero attached hydrogens (tertiary/aromatic N) is 1. The van der Waals surface area contributed by atoms with Gasteiger partial charge in [-0.2, -0.15) is 0 Å². The van der Waals surface area contributed by atoms with Crippen molar-refractivity contribution >= 4 is 35.2 Å². The van der Waals surface area contributed by atoms with E-state index in [-0.39, 0.29) is 13.1 Å². The van der Waals surface area contributed by atoms with Crippen LogP contribution in [0.15, 0.2) is 18.2 Å². The molecule has 0 bridgehead atoms. The Labute approximate surface area is 125 Å². The Morgan fingerprint density at radius 2 is 2.19 bits per heavy atom. The minimum atomic E-state index is -1.18. The van der Waals surface area contributed by atoms with Gasteiger partial charge in [0.1, 0.15) is 12.6 Å². The molecule has 1 unspecified atom stereocenters. The third-order valence-electron chi connectivity index (χ3n) is 3.09. The van der Waals surface area contributed by atoms with Crippen LogP contribution in [0.2, 0.25) is 5.02 Å². The molecular formula is C13H14ClN3O4. The number of aryl methyl sites for hydroxylation is 1. The predicted molar refractivity (Wildman–Crippen MR) is 76.3 cm³/mol. The number of amides is 3. The van der Waals surface area contributed by atoms with Crippen LogP contribution in [0.25, 0.3) is 0 Å². The molecule has 1 aromatic rings. The summed E-state index contributed by atoms with van der Waals surface area (Å²) in [5, 5.41) is 14.4. The van der Waals surface area contributed by atoms with Crippen molar-refractivity contribution in [2.45, 2.75) is 13.0 Å². The molecule has 8 heteroatoms. The number of rotatable bonds is 2. The second kappa shape index (κ2) is 6.01. The summed E-state index contributed by atoms with van der Waals surface area (Å²) in [6, 6.07) is 3.30. The van der Waals surface area contributed by atoms with E-state index in [2.05, 4.69) is 10.6 Å². The highest BCUT2D eigenvalue weighted by Gasteiger charge is 2.35. The van der Waals surface area contributed by atoms with Crippen molar-refractivity contribution in [2.24, 2.45) is 0 Å². The van der Waals surface area contributed by atoms with Crippen LogP contribution in [0.4, 0.5) is 10.5 Å². The molecule has 2 rings (SSSR count). The summed E-state index contributed by atoms with van der Waals surface area (Å²) in [5.74, 6) is -1.58. The van der Waals surface area contributed by atoms with Crippen LogP contribution in [0, 0.1) is 6.92 Å². The number of hydrogen-bond acceptors (Lipinski definition) is 3. The number of aliphatic carboxylic acids is 1. The van der Waals surface area contributed by atoms with Gasteiger partial charge in [-0.3, -0.25) is 9.69 Å². The van der Waals surface area contributed by atoms with Gasteiger partial charge in [0.05, 0.1) is 10.7 Å². The number of carbonyl (C=O) groups excluding carboxylic acids is 2. The van der Waals surface area contributed by atoms with Gasteiger partial charge in [-0.1, -0.05) is 17.7 Å². The molecule has 1 atom stereocenters. The fourth-order valence-electron chi connectivity index (χ4n) is 2.00. The quantitative estimate of drug-likeness (QED) is 0.760. The van der Waals surface area contributed by atoms with Crippen molar-refractivity contribution in [3.63, 3.8) is 0 Å². The summed E-state index contributed by atoms with van der Waals surface area (Å²) >= 11 is 5.98. The minimum absolute atomic E-state index is 0.122. The molecule has 0 radical (unpaired) electrons. The summed E-state index contributed by atoms with van der Waals surface area (Å²) in [4.78, 5) is 35.7. The molecule has 7 nitrogen and oxygen atoms in total. The van der Waals surface area contributed by atoms with E-state index in [1.807, 2.05) is 6.92 Å². The summed E-state index contributed by atoms with van der Waals surface area (Å²) in [6.07, 6.45) is 0. The van der Waals surface area contributed by atoms with Gasteiger partial charge in [0.25, 0.3) is 0 Å². The fraction of sp³-hybridized carbons (Fsp3) is 0.308. The Morgan fingerprint density at radius 1 is 1.48 bits per heavy atom. The number of nitrogens with one attached hydrogen (secondary N) is 2. The van der Waals surface area contributed by atoms with Crippen molar-refractivity contribution in [1.29, 1.82) is 0 Å². The first-order valence-corrected chi connectivity index (χ1v) is 6.59. The lowest BCUT2D eigenvalue weighted by Crippen LogP contribution is -2.60. The molecular weight excluding hydrogens is 298 g/mol. The Bertz CT molecular complexity index is 605. The van der Waals surface area contributed by atoms with E-state index in [0.717, 1.165) is 10.5 Å². The number of carbonyl (C=O) groups is 3. The molecule has 112 valence electrons. The Balaban J connectivity index is 2.19. The molecule has 0 saturated carbocycles. The summed E-state index contributed by atoms with van der Waals surface area (Å²) in [6.45, 7) is 1.40. The largest absolute Gasteiger partial charge is 0.480 e. The normalized spacial score (nSPS) is 18.1. The molecule has 1 fully saturated rings. The Kier molecular flexibility index (Phi) is 4.32. The molecule has 1 aliphatic heterocycles. The van der Waals surface area contributed by atoms with Crippen LogP contribution >= 0.6 is 11.6 Å². The highest BCUT2D eigenvalue weighted by molar-refractivity contribution is 6.33. The highest BCUT2D eigenvalue weighted by Crippen LogP contribution is 2.23. The minimum Gasteiger partial charge on any atom is -0.480 e. The number of urea groups is 1. The molecule has 3 amide bonds. The molecule has 0 spiro atoms. The van der Waals surface area contributed by atoms with Crippen LogP contribution in [0.1, 0.15) is 5.56 Å². The SMILES string of the molecule is Cc1ccc(Cl)c(NC(=O)N2CC(=O)NCC2C(=O)O)c1. The van der Waals surface area contributed by atoms with Gasteiger partial charge < -0.3 is 15.7 Å². The van der Waals surface area contributed by atoms with Crippen LogP contribution in [0.3, 0.4) is 0 Å². The van der Waals surface area contributed by atoms with Gasteiger partial charge in [-0.15, -0.1) is 0 Å². The molecule has 3 N–H and O–H groups in total. The molecule has 1 heterocycles. The number of anilines is 1. The maximum atomic E-state index is 12.2. The maximum Gasteiger partial charge on any atom is 0.328 e. The first-order valence-electron chi connectivity index (χ1n) is 6.22. The number of carboxylic acid groups (broad SMARTS) is 1. The van der Waals surface area contributed by atoms with Crippen LogP contribution < -0.4 is 10.6 Å². The topological polar surface area (TPSA) is 98.7 Å². The van der Waals surface area contributed by atoms with Crippen molar-refractivity contribution < 1.29 is 19.5 Å². The molecule has 0 aromatic heterocycles. The lowest BCUT2D eigenvalue weighted by atomic mass is 10.2. The second-order valence-electron chi connectivity index (χ2n) is 4.70. The zero-order valence-corrected chi connectivity index (χ0v) is 12.0. The standard InChI is InChI=1S/C13H14ClN3O4/c1-7-2-3-8(14)9(4-7)16-13(21)17-6-11(18)15-5-10(17)12(19)20/h2-4,10H,5-6H2,1H3,(H,15,18)(H,16,21)(H,19,20). The van der Waals surface area contributed by atoms with Gasteiger partial charge in [0.15, 0.2) is 0 Å². The first kappa shape index (κ1) is 15.1. The van der Waals surface area contributed by atoms with E-state index in [9.17, 15) is 14.4 Å². The van der Waals surface area contributed by atoms with E-state index in [1.165, 1.54) is 0 Å². The van der Waals surface area contributed by atoms with Crippen molar-refractivity contribution in [1.82, 2.24) is 10.2 Å². The van der Waals surface area contributed by atoms with E-state index >= 15 is 0 Å². The predicted octanol–water partition coefficient (Wildman–Crippen LogP) is 1.07. The molecule has 1 saturated heterocycles. The third kappa shape index (κ3) is 3.43. The highest BCUT2D eigenvalue weighted by atomic mass is 35.5. The van der Waals surface area contributed by atoms with Gasteiger partial charge in [-0.05, 0) is 24.6 Å². The number of carboxylic acids is 1. The van der Waals surface area contributed by atoms with Gasteiger partial charge >= 0.3 is 12.0 Å². The molecule has 0 aliphatic carbocycles. The number of benzene rings is 1.